The molecule has 0 aliphatic carbocycles. The fraction of sp³-hybridized carbons (Fsp3) is 0.750. The zero-order chi connectivity index (χ0) is 10.9. The molecule has 1 aliphatic heterocycles. The standard InChI is InChI=1S/C8H13N3O4/c12-5-8(1-3-15-4-2-8)11-6(13)9-10-7(11)14/h12H,1-5H2,(H,9,13)(H,10,14). The van der Waals surface area contributed by atoms with Crippen LogP contribution in [-0.2, 0) is 10.3 Å². The summed E-state index contributed by atoms with van der Waals surface area (Å²) in [6.07, 6.45) is 0.925. The average Bonchev–Trinajstić information content (AvgIpc) is 2.60. The maximum absolute atomic E-state index is 11.4. The van der Waals surface area contributed by atoms with Crippen LogP contribution in [0.3, 0.4) is 0 Å². The topological polar surface area (TPSA) is 100 Å². The van der Waals surface area contributed by atoms with E-state index in [1.54, 1.807) is 0 Å². The number of nitrogens with one attached hydrogen (secondary N) is 2. The molecule has 0 atom stereocenters. The van der Waals surface area contributed by atoms with Crippen molar-refractivity contribution in [1.82, 2.24) is 14.8 Å². The second-order valence-electron chi connectivity index (χ2n) is 3.69. The number of hydrogen-bond donors (Lipinski definition) is 3. The molecular formula is C8H13N3O4. The first-order valence-electron chi connectivity index (χ1n) is 4.78. The molecule has 0 amide bonds. The Balaban J connectivity index is 2.50. The second kappa shape index (κ2) is 3.67. The Labute approximate surface area is 84.7 Å². The molecule has 1 fully saturated rings. The summed E-state index contributed by atoms with van der Waals surface area (Å²) in [5, 5.41) is 13.8. The summed E-state index contributed by atoms with van der Waals surface area (Å²) >= 11 is 0. The van der Waals surface area contributed by atoms with Crippen LogP contribution in [0.1, 0.15) is 12.8 Å². The van der Waals surface area contributed by atoms with Crippen LogP contribution >= 0.6 is 0 Å². The second-order valence-corrected chi connectivity index (χ2v) is 3.69. The average molecular weight is 215 g/mol. The van der Waals surface area contributed by atoms with Gasteiger partial charge in [0.05, 0.1) is 12.1 Å². The van der Waals surface area contributed by atoms with Crippen molar-refractivity contribution >= 4 is 0 Å². The summed E-state index contributed by atoms with van der Waals surface area (Å²) in [4.78, 5) is 22.9. The van der Waals surface area contributed by atoms with Crippen LogP contribution in [0.5, 0.6) is 0 Å². The monoisotopic (exact) mass is 215 g/mol. The number of aliphatic hydroxyl groups is 1. The third kappa shape index (κ3) is 1.53. The van der Waals surface area contributed by atoms with Crippen molar-refractivity contribution in [3.63, 3.8) is 0 Å². The molecule has 0 radical (unpaired) electrons. The van der Waals surface area contributed by atoms with Crippen LogP contribution in [-0.4, -0.2) is 39.7 Å². The number of nitrogens with zero attached hydrogens (tertiary/aromatic N) is 1. The van der Waals surface area contributed by atoms with Crippen LogP contribution in [0.25, 0.3) is 0 Å². The summed E-state index contributed by atoms with van der Waals surface area (Å²) in [5.74, 6) is 0. The number of H-pyrrole nitrogens is 2. The van der Waals surface area contributed by atoms with Gasteiger partial charge in [-0.1, -0.05) is 0 Å². The number of rotatable bonds is 2. The number of aliphatic hydroxyl groups excluding tert-OH is 1. The Morgan fingerprint density at radius 2 is 1.80 bits per heavy atom. The predicted octanol–water partition coefficient (Wildman–Crippen LogP) is -1.64. The summed E-state index contributed by atoms with van der Waals surface area (Å²) < 4.78 is 6.21. The Morgan fingerprint density at radius 1 is 1.27 bits per heavy atom. The van der Waals surface area contributed by atoms with Gasteiger partial charge in [0, 0.05) is 13.2 Å². The van der Waals surface area contributed by atoms with Gasteiger partial charge < -0.3 is 9.84 Å². The van der Waals surface area contributed by atoms with Gasteiger partial charge in [-0.3, -0.25) is 0 Å². The molecular weight excluding hydrogens is 202 g/mol. The van der Waals surface area contributed by atoms with E-state index in [1.165, 1.54) is 0 Å². The molecule has 3 N–H and O–H groups in total. The number of hydrogen-bond acceptors (Lipinski definition) is 4. The zero-order valence-corrected chi connectivity index (χ0v) is 8.15. The van der Waals surface area contributed by atoms with E-state index in [4.69, 9.17) is 4.74 Å². The lowest BCUT2D eigenvalue weighted by Crippen LogP contribution is -2.51. The van der Waals surface area contributed by atoms with E-state index in [0.29, 0.717) is 26.1 Å². The molecule has 84 valence electrons. The van der Waals surface area contributed by atoms with E-state index < -0.39 is 16.9 Å². The maximum Gasteiger partial charge on any atom is 0.344 e. The Hall–Kier alpha value is -1.34. The van der Waals surface area contributed by atoms with Gasteiger partial charge in [-0.2, -0.15) is 0 Å². The van der Waals surface area contributed by atoms with E-state index in [1.807, 2.05) is 0 Å². The minimum atomic E-state index is -0.817. The first kappa shape index (κ1) is 10.2. The molecule has 1 aromatic rings. The molecule has 2 rings (SSSR count). The molecule has 0 aromatic carbocycles. The van der Waals surface area contributed by atoms with Crippen molar-refractivity contribution in [2.24, 2.45) is 0 Å². The number of aromatic amines is 2. The van der Waals surface area contributed by atoms with Gasteiger partial charge in [-0.05, 0) is 12.8 Å². The molecule has 15 heavy (non-hydrogen) atoms. The van der Waals surface area contributed by atoms with Crippen molar-refractivity contribution < 1.29 is 9.84 Å². The van der Waals surface area contributed by atoms with Crippen LogP contribution < -0.4 is 11.4 Å². The smallest absolute Gasteiger partial charge is 0.344 e. The molecule has 1 aromatic heterocycles. The van der Waals surface area contributed by atoms with Gasteiger partial charge in [0.25, 0.3) is 0 Å². The van der Waals surface area contributed by atoms with Crippen LogP contribution in [0.4, 0.5) is 0 Å². The molecule has 7 heteroatoms. The predicted molar refractivity (Wildman–Crippen MR) is 50.8 cm³/mol. The Kier molecular flexibility index (Phi) is 2.49. The minimum Gasteiger partial charge on any atom is -0.394 e. The minimum absolute atomic E-state index is 0.239. The lowest BCUT2D eigenvalue weighted by molar-refractivity contribution is -0.0114. The van der Waals surface area contributed by atoms with Crippen LogP contribution in [0.2, 0.25) is 0 Å². The van der Waals surface area contributed by atoms with E-state index in [9.17, 15) is 14.7 Å². The van der Waals surface area contributed by atoms with Crippen LogP contribution in [0.15, 0.2) is 9.59 Å². The first-order chi connectivity index (χ1) is 7.19. The molecule has 0 unspecified atom stereocenters. The third-order valence-electron chi connectivity index (χ3n) is 2.87. The summed E-state index contributed by atoms with van der Waals surface area (Å²) in [6.45, 7) is 0.645. The third-order valence-corrected chi connectivity index (χ3v) is 2.87. The Bertz CT molecular complexity index is 410. The van der Waals surface area contributed by atoms with Gasteiger partial charge in [-0.25, -0.2) is 24.4 Å². The van der Waals surface area contributed by atoms with E-state index in [0.717, 1.165) is 4.57 Å². The van der Waals surface area contributed by atoms with Gasteiger partial charge in [0.2, 0.25) is 0 Å². The van der Waals surface area contributed by atoms with Crippen LogP contribution in [0, 0.1) is 0 Å². The first-order valence-corrected chi connectivity index (χ1v) is 4.78. The highest BCUT2D eigenvalue weighted by atomic mass is 16.5. The largest absolute Gasteiger partial charge is 0.394 e. The molecule has 1 aliphatic rings. The van der Waals surface area contributed by atoms with Crippen molar-refractivity contribution in [3.8, 4) is 0 Å². The fourth-order valence-corrected chi connectivity index (χ4v) is 1.95. The maximum atomic E-state index is 11.4. The molecule has 0 saturated carbocycles. The molecule has 2 heterocycles. The van der Waals surface area contributed by atoms with Crippen molar-refractivity contribution in [2.45, 2.75) is 18.4 Å². The highest BCUT2D eigenvalue weighted by Crippen LogP contribution is 2.25. The lowest BCUT2D eigenvalue weighted by Gasteiger charge is -2.34. The van der Waals surface area contributed by atoms with E-state index in [2.05, 4.69) is 10.2 Å². The molecule has 1 saturated heterocycles. The number of ether oxygens (including phenoxy) is 1. The van der Waals surface area contributed by atoms with Gasteiger partial charge in [-0.15, -0.1) is 0 Å². The lowest BCUT2D eigenvalue weighted by atomic mass is 9.91. The highest BCUT2D eigenvalue weighted by molar-refractivity contribution is 4.90. The van der Waals surface area contributed by atoms with Crippen molar-refractivity contribution in [2.75, 3.05) is 19.8 Å². The fourth-order valence-electron chi connectivity index (χ4n) is 1.95. The van der Waals surface area contributed by atoms with E-state index >= 15 is 0 Å². The molecule has 0 spiro atoms. The molecule has 7 nitrogen and oxygen atoms in total. The molecule has 0 bridgehead atoms. The summed E-state index contributed by atoms with van der Waals surface area (Å²) in [6, 6.07) is 0. The summed E-state index contributed by atoms with van der Waals surface area (Å²) in [7, 11) is 0. The normalized spacial score (nSPS) is 20.3. The SMILES string of the molecule is O=c1[nH][nH]c(=O)n1C1(CO)CCOCC1. The van der Waals surface area contributed by atoms with E-state index in [-0.39, 0.29) is 6.61 Å². The van der Waals surface area contributed by atoms with Crippen molar-refractivity contribution in [1.29, 1.82) is 0 Å². The summed E-state index contributed by atoms with van der Waals surface area (Å²) in [5.41, 5.74) is -1.85. The van der Waals surface area contributed by atoms with Gasteiger partial charge >= 0.3 is 11.4 Å². The van der Waals surface area contributed by atoms with Gasteiger partial charge in [0.1, 0.15) is 0 Å². The number of aromatic nitrogens is 3. The van der Waals surface area contributed by atoms with Gasteiger partial charge in [0.15, 0.2) is 0 Å². The quantitative estimate of drug-likeness (QED) is 0.551. The van der Waals surface area contributed by atoms with Crippen molar-refractivity contribution in [3.05, 3.63) is 21.0 Å². The zero-order valence-electron chi connectivity index (χ0n) is 8.15. The Morgan fingerprint density at radius 3 is 2.27 bits per heavy atom. The highest BCUT2D eigenvalue weighted by Gasteiger charge is 2.36.